The molecular formula is C16H25BrN2. The Kier molecular flexibility index (Phi) is 5.04. The van der Waals surface area contributed by atoms with Crippen molar-refractivity contribution < 1.29 is 0 Å². The van der Waals surface area contributed by atoms with E-state index in [2.05, 4.69) is 71.2 Å². The zero-order chi connectivity index (χ0) is 13.9. The molecule has 106 valence electrons. The fourth-order valence-electron chi connectivity index (χ4n) is 2.72. The lowest BCUT2D eigenvalue weighted by Gasteiger charge is -2.35. The van der Waals surface area contributed by atoms with E-state index >= 15 is 0 Å². The minimum Gasteiger partial charge on any atom is -0.310 e. The van der Waals surface area contributed by atoms with Crippen LogP contribution in [0, 0.1) is 0 Å². The van der Waals surface area contributed by atoms with Crippen LogP contribution in [-0.4, -0.2) is 29.6 Å². The lowest BCUT2D eigenvalue weighted by molar-refractivity contribution is 0.163. The van der Waals surface area contributed by atoms with E-state index in [0.717, 1.165) is 19.6 Å². The molecule has 1 aromatic rings. The van der Waals surface area contributed by atoms with Gasteiger partial charge in [-0.2, -0.15) is 0 Å². The Bertz CT molecular complexity index is 421. The van der Waals surface area contributed by atoms with Gasteiger partial charge in [0.05, 0.1) is 0 Å². The number of nitrogens with one attached hydrogen (secondary N) is 1. The van der Waals surface area contributed by atoms with Gasteiger partial charge in [-0.1, -0.05) is 41.1 Å². The number of halogens is 1. The Morgan fingerprint density at radius 1 is 1.42 bits per heavy atom. The highest BCUT2D eigenvalue weighted by Gasteiger charge is 2.30. The van der Waals surface area contributed by atoms with Crippen molar-refractivity contribution >= 4 is 15.9 Å². The smallest absolute Gasteiger partial charge is 0.0278 e. The molecule has 0 spiro atoms. The SMILES string of the molecule is CCC1(C)CN(Cc2ccccc2Br)C(C)CCN1. The van der Waals surface area contributed by atoms with Gasteiger partial charge in [-0.3, -0.25) is 4.90 Å². The third-order valence-electron chi connectivity index (χ3n) is 4.40. The maximum Gasteiger partial charge on any atom is 0.0278 e. The molecule has 2 atom stereocenters. The topological polar surface area (TPSA) is 15.3 Å². The van der Waals surface area contributed by atoms with E-state index in [1.54, 1.807) is 0 Å². The van der Waals surface area contributed by atoms with Gasteiger partial charge in [0.2, 0.25) is 0 Å². The summed E-state index contributed by atoms with van der Waals surface area (Å²) in [6.07, 6.45) is 2.40. The molecule has 1 fully saturated rings. The molecule has 0 aliphatic carbocycles. The molecule has 0 amide bonds. The fourth-order valence-corrected chi connectivity index (χ4v) is 3.13. The normalized spacial score (nSPS) is 29.2. The molecule has 1 heterocycles. The maximum atomic E-state index is 3.72. The van der Waals surface area contributed by atoms with Crippen LogP contribution in [0.15, 0.2) is 28.7 Å². The standard InChI is InChI=1S/C16H25BrN2/c1-4-16(3)12-19(13(2)9-10-18-16)11-14-7-5-6-8-15(14)17/h5-8,13,18H,4,9-12H2,1-3H3. The predicted molar refractivity (Wildman–Crippen MR) is 85.3 cm³/mol. The number of hydrogen-bond acceptors (Lipinski definition) is 2. The average molecular weight is 325 g/mol. The first kappa shape index (κ1) is 15.0. The quantitative estimate of drug-likeness (QED) is 0.909. The second-order valence-corrected chi connectivity index (χ2v) is 6.83. The molecule has 19 heavy (non-hydrogen) atoms. The van der Waals surface area contributed by atoms with Gasteiger partial charge >= 0.3 is 0 Å². The first-order valence-corrected chi connectivity index (χ1v) is 8.06. The summed E-state index contributed by atoms with van der Waals surface area (Å²) in [7, 11) is 0. The Morgan fingerprint density at radius 3 is 2.84 bits per heavy atom. The zero-order valence-corrected chi connectivity index (χ0v) is 13.8. The van der Waals surface area contributed by atoms with Crippen LogP contribution in [0.2, 0.25) is 0 Å². The second kappa shape index (κ2) is 6.38. The van der Waals surface area contributed by atoms with Gasteiger partial charge in [0, 0.05) is 29.1 Å². The minimum absolute atomic E-state index is 0.242. The monoisotopic (exact) mass is 324 g/mol. The van der Waals surface area contributed by atoms with Gasteiger partial charge in [0.1, 0.15) is 0 Å². The van der Waals surface area contributed by atoms with Gasteiger partial charge in [-0.15, -0.1) is 0 Å². The van der Waals surface area contributed by atoms with Crippen LogP contribution >= 0.6 is 15.9 Å². The van der Waals surface area contributed by atoms with Crippen molar-refractivity contribution in [2.24, 2.45) is 0 Å². The Labute approximate surface area is 125 Å². The molecule has 1 aliphatic rings. The maximum absolute atomic E-state index is 3.72. The summed E-state index contributed by atoms with van der Waals surface area (Å²) in [5.74, 6) is 0. The minimum atomic E-state index is 0.242. The van der Waals surface area contributed by atoms with E-state index in [9.17, 15) is 0 Å². The molecule has 2 rings (SSSR count). The van der Waals surface area contributed by atoms with Crippen LogP contribution in [0.3, 0.4) is 0 Å². The highest BCUT2D eigenvalue weighted by Crippen LogP contribution is 2.24. The molecule has 0 radical (unpaired) electrons. The van der Waals surface area contributed by atoms with Crippen LogP contribution in [0.5, 0.6) is 0 Å². The summed E-state index contributed by atoms with van der Waals surface area (Å²) in [5.41, 5.74) is 1.63. The van der Waals surface area contributed by atoms with E-state index < -0.39 is 0 Å². The lowest BCUT2D eigenvalue weighted by atomic mass is 9.98. The molecule has 1 aliphatic heterocycles. The van der Waals surface area contributed by atoms with Crippen molar-refractivity contribution in [3.8, 4) is 0 Å². The average Bonchev–Trinajstić information content (AvgIpc) is 2.53. The third kappa shape index (κ3) is 3.80. The summed E-state index contributed by atoms with van der Waals surface area (Å²) in [5, 5.41) is 3.72. The number of benzene rings is 1. The molecule has 0 aromatic heterocycles. The number of rotatable bonds is 3. The summed E-state index contributed by atoms with van der Waals surface area (Å²) >= 11 is 3.67. The fraction of sp³-hybridized carbons (Fsp3) is 0.625. The molecule has 2 unspecified atom stereocenters. The molecule has 3 heteroatoms. The summed E-state index contributed by atoms with van der Waals surface area (Å²) < 4.78 is 1.22. The molecule has 1 aromatic carbocycles. The highest BCUT2D eigenvalue weighted by atomic mass is 79.9. The summed E-state index contributed by atoms with van der Waals surface area (Å²) in [4.78, 5) is 2.61. The highest BCUT2D eigenvalue weighted by molar-refractivity contribution is 9.10. The van der Waals surface area contributed by atoms with E-state index in [4.69, 9.17) is 0 Å². The van der Waals surface area contributed by atoms with Crippen LogP contribution in [0.4, 0.5) is 0 Å². The Morgan fingerprint density at radius 2 is 2.16 bits per heavy atom. The van der Waals surface area contributed by atoms with Crippen molar-refractivity contribution in [3.63, 3.8) is 0 Å². The van der Waals surface area contributed by atoms with Crippen molar-refractivity contribution in [3.05, 3.63) is 34.3 Å². The first-order valence-electron chi connectivity index (χ1n) is 7.26. The summed E-state index contributed by atoms with van der Waals surface area (Å²) in [6, 6.07) is 9.19. The Hall–Kier alpha value is -0.380. The van der Waals surface area contributed by atoms with Gasteiger partial charge < -0.3 is 5.32 Å². The first-order chi connectivity index (χ1) is 9.04. The van der Waals surface area contributed by atoms with Gasteiger partial charge in [0.15, 0.2) is 0 Å². The molecule has 0 bridgehead atoms. The van der Waals surface area contributed by atoms with E-state index in [1.165, 1.54) is 22.9 Å². The molecule has 0 saturated carbocycles. The van der Waals surface area contributed by atoms with Crippen molar-refractivity contribution in [2.45, 2.75) is 51.7 Å². The van der Waals surface area contributed by atoms with Gasteiger partial charge in [-0.05, 0) is 44.9 Å². The predicted octanol–water partition coefficient (Wildman–Crippen LogP) is 3.80. The van der Waals surface area contributed by atoms with Crippen LogP contribution in [0.1, 0.15) is 39.2 Å². The van der Waals surface area contributed by atoms with E-state index in [0.29, 0.717) is 6.04 Å². The van der Waals surface area contributed by atoms with E-state index in [-0.39, 0.29) is 5.54 Å². The molecular weight excluding hydrogens is 300 g/mol. The van der Waals surface area contributed by atoms with E-state index in [1.807, 2.05) is 0 Å². The molecule has 2 nitrogen and oxygen atoms in total. The van der Waals surface area contributed by atoms with Crippen LogP contribution in [-0.2, 0) is 6.54 Å². The number of hydrogen-bond donors (Lipinski definition) is 1. The largest absolute Gasteiger partial charge is 0.310 e. The van der Waals surface area contributed by atoms with Gasteiger partial charge in [-0.25, -0.2) is 0 Å². The lowest BCUT2D eigenvalue weighted by Crippen LogP contribution is -2.49. The zero-order valence-electron chi connectivity index (χ0n) is 12.2. The van der Waals surface area contributed by atoms with Gasteiger partial charge in [0.25, 0.3) is 0 Å². The molecule has 1 N–H and O–H groups in total. The number of nitrogens with zero attached hydrogens (tertiary/aromatic N) is 1. The van der Waals surface area contributed by atoms with Crippen LogP contribution in [0.25, 0.3) is 0 Å². The van der Waals surface area contributed by atoms with Crippen molar-refractivity contribution in [1.82, 2.24) is 10.2 Å². The summed E-state index contributed by atoms with van der Waals surface area (Å²) in [6.45, 7) is 10.2. The van der Waals surface area contributed by atoms with Crippen molar-refractivity contribution in [2.75, 3.05) is 13.1 Å². The third-order valence-corrected chi connectivity index (χ3v) is 5.17. The van der Waals surface area contributed by atoms with Crippen molar-refractivity contribution in [1.29, 1.82) is 0 Å². The Balaban J connectivity index is 2.14. The van der Waals surface area contributed by atoms with Crippen LogP contribution < -0.4 is 5.32 Å². The molecule has 1 saturated heterocycles. The second-order valence-electron chi connectivity index (χ2n) is 5.98.